The van der Waals surface area contributed by atoms with Crippen LogP contribution >= 0.6 is 11.6 Å². The van der Waals surface area contributed by atoms with Gasteiger partial charge in [0, 0.05) is 23.7 Å². The number of methoxy groups -OCH3 is 1. The largest absolute Gasteiger partial charge is 0.469 e. The van der Waals surface area contributed by atoms with E-state index in [1.165, 1.54) is 7.11 Å². The number of nitrogens with zero attached hydrogens (tertiary/aromatic N) is 1. The number of carbonyl (C=O) groups is 2. The second-order valence-corrected chi connectivity index (χ2v) is 6.49. The molecule has 0 saturated carbocycles. The van der Waals surface area contributed by atoms with E-state index in [4.69, 9.17) is 16.3 Å². The molecule has 0 aliphatic heterocycles. The fourth-order valence-corrected chi connectivity index (χ4v) is 2.74. The quantitative estimate of drug-likeness (QED) is 0.729. The molecule has 25 heavy (non-hydrogen) atoms. The summed E-state index contributed by atoms with van der Waals surface area (Å²) in [5.41, 5.74) is 2.48. The Labute approximate surface area is 153 Å². The molecule has 0 aliphatic rings. The van der Waals surface area contributed by atoms with Gasteiger partial charge in [-0.25, -0.2) is 0 Å². The zero-order chi connectivity index (χ0) is 18.4. The Morgan fingerprint density at radius 2 is 1.76 bits per heavy atom. The number of ether oxygens (including phenoxy) is 1. The third-order valence-corrected chi connectivity index (χ3v) is 4.30. The highest BCUT2D eigenvalue weighted by Gasteiger charge is 2.23. The van der Waals surface area contributed by atoms with Gasteiger partial charge in [-0.3, -0.25) is 9.59 Å². The molecule has 0 aromatic heterocycles. The number of hydrogen-bond donors (Lipinski definition) is 0. The summed E-state index contributed by atoms with van der Waals surface area (Å²) in [7, 11) is 1.35. The van der Waals surface area contributed by atoms with Gasteiger partial charge >= 0.3 is 5.97 Å². The van der Waals surface area contributed by atoms with E-state index in [-0.39, 0.29) is 18.4 Å². The van der Waals surface area contributed by atoms with Crippen molar-refractivity contribution in [3.63, 3.8) is 0 Å². The van der Waals surface area contributed by atoms with Crippen molar-refractivity contribution in [3.8, 4) is 0 Å². The topological polar surface area (TPSA) is 46.6 Å². The van der Waals surface area contributed by atoms with Gasteiger partial charge < -0.3 is 9.64 Å². The number of hydrogen-bond acceptors (Lipinski definition) is 3. The molecular weight excluding hydrogens is 338 g/mol. The van der Waals surface area contributed by atoms with Gasteiger partial charge in [0.05, 0.1) is 13.0 Å². The molecule has 0 bridgehead atoms. The zero-order valence-corrected chi connectivity index (χ0v) is 15.4. The van der Waals surface area contributed by atoms with Crippen LogP contribution in [0.2, 0.25) is 5.02 Å². The smallest absolute Gasteiger partial charge is 0.310 e. The van der Waals surface area contributed by atoms with Crippen LogP contribution < -0.4 is 0 Å². The molecule has 0 aliphatic carbocycles. The van der Waals surface area contributed by atoms with Crippen LogP contribution in [0.15, 0.2) is 48.5 Å². The first-order valence-corrected chi connectivity index (χ1v) is 8.47. The minimum Gasteiger partial charge on any atom is -0.469 e. The number of amides is 1. The van der Waals surface area contributed by atoms with E-state index in [9.17, 15) is 9.59 Å². The number of rotatable bonds is 6. The summed E-state index contributed by atoms with van der Waals surface area (Å²) in [4.78, 5) is 26.5. The van der Waals surface area contributed by atoms with E-state index >= 15 is 0 Å². The molecule has 0 fully saturated rings. The second kappa shape index (κ2) is 8.67. The molecule has 2 rings (SSSR count). The van der Waals surface area contributed by atoms with Gasteiger partial charge in [0.25, 0.3) is 5.91 Å². The van der Waals surface area contributed by atoms with Crippen molar-refractivity contribution in [1.82, 2.24) is 4.90 Å². The summed E-state index contributed by atoms with van der Waals surface area (Å²) >= 11 is 5.93. The third kappa shape index (κ3) is 5.07. The Balaban J connectivity index is 2.27. The normalized spacial score (nSPS) is 11.7. The van der Waals surface area contributed by atoms with Crippen LogP contribution in [0.5, 0.6) is 0 Å². The average Bonchev–Trinajstić information content (AvgIpc) is 2.62. The molecule has 2 aromatic rings. The molecule has 2 aromatic carbocycles. The first-order chi connectivity index (χ1) is 11.9. The highest BCUT2D eigenvalue weighted by molar-refractivity contribution is 6.30. The molecule has 0 spiro atoms. The van der Waals surface area contributed by atoms with Crippen molar-refractivity contribution in [2.24, 2.45) is 5.92 Å². The maximum atomic E-state index is 13.0. The summed E-state index contributed by atoms with van der Waals surface area (Å²) in [6.07, 6.45) is 0. The number of carbonyl (C=O) groups excluding carboxylic acids is 2. The summed E-state index contributed by atoms with van der Waals surface area (Å²) in [6, 6.07) is 14.8. The third-order valence-electron chi connectivity index (χ3n) is 4.05. The van der Waals surface area contributed by atoms with Crippen molar-refractivity contribution in [1.29, 1.82) is 0 Å². The van der Waals surface area contributed by atoms with Gasteiger partial charge in [-0.1, -0.05) is 48.9 Å². The number of aryl methyl sites for hydroxylation is 1. The molecule has 4 nitrogen and oxygen atoms in total. The van der Waals surface area contributed by atoms with Crippen molar-refractivity contribution < 1.29 is 14.3 Å². The molecule has 1 amide bonds. The molecule has 1 unspecified atom stereocenters. The van der Waals surface area contributed by atoms with Gasteiger partial charge in [-0.15, -0.1) is 0 Å². The Morgan fingerprint density at radius 1 is 1.12 bits per heavy atom. The fourth-order valence-electron chi connectivity index (χ4n) is 2.62. The number of halogens is 1. The van der Waals surface area contributed by atoms with Crippen LogP contribution in [-0.4, -0.2) is 30.4 Å². The first-order valence-electron chi connectivity index (χ1n) is 8.09. The Morgan fingerprint density at radius 3 is 2.36 bits per heavy atom. The highest BCUT2D eigenvalue weighted by atomic mass is 35.5. The summed E-state index contributed by atoms with van der Waals surface area (Å²) < 4.78 is 4.79. The lowest BCUT2D eigenvalue weighted by molar-refractivity contribution is -0.145. The van der Waals surface area contributed by atoms with Crippen LogP contribution in [0.3, 0.4) is 0 Å². The molecule has 132 valence electrons. The van der Waals surface area contributed by atoms with E-state index in [0.717, 1.165) is 11.1 Å². The van der Waals surface area contributed by atoms with Crippen LogP contribution in [0, 0.1) is 12.8 Å². The van der Waals surface area contributed by atoms with Gasteiger partial charge in [0.1, 0.15) is 0 Å². The molecule has 0 saturated heterocycles. The minimum atomic E-state index is -0.412. The summed E-state index contributed by atoms with van der Waals surface area (Å²) in [5.74, 6) is -0.854. The Kier molecular flexibility index (Phi) is 6.59. The highest BCUT2D eigenvalue weighted by Crippen LogP contribution is 2.17. The lowest BCUT2D eigenvalue weighted by Gasteiger charge is -2.26. The lowest BCUT2D eigenvalue weighted by Crippen LogP contribution is -2.37. The van der Waals surface area contributed by atoms with Crippen LogP contribution in [0.1, 0.15) is 28.4 Å². The number of benzene rings is 2. The number of esters is 1. The monoisotopic (exact) mass is 359 g/mol. The summed E-state index contributed by atoms with van der Waals surface area (Å²) in [5, 5.41) is 0.642. The average molecular weight is 360 g/mol. The Hall–Kier alpha value is -2.33. The first kappa shape index (κ1) is 19.0. The molecule has 0 N–H and O–H groups in total. The zero-order valence-electron chi connectivity index (χ0n) is 14.7. The predicted molar refractivity (Wildman–Crippen MR) is 98.6 cm³/mol. The molecule has 1 atom stereocenters. The van der Waals surface area contributed by atoms with Gasteiger partial charge in [-0.2, -0.15) is 0 Å². The van der Waals surface area contributed by atoms with Crippen molar-refractivity contribution in [2.75, 3.05) is 13.7 Å². The minimum absolute atomic E-state index is 0.108. The van der Waals surface area contributed by atoms with E-state index < -0.39 is 5.92 Å². The summed E-state index contributed by atoms with van der Waals surface area (Å²) in [6.45, 7) is 4.33. The van der Waals surface area contributed by atoms with Crippen molar-refractivity contribution in [3.05, 3.63) is 70.2 Å². The van der Waals surface area contributed by atoms with E-state index in [1.807, 2.05) is 37.3 Å². The van der Waals surface area contributed by atoms with Crippen molar-refractivity contribution >= 4 is 23.5 Å². The molecule has 0 radical (unpaired) electrons. The van der Waals surface area contributed by atoms with Crippen LogP contribution in [-0.2, 0) is 16.1 Å². The van der Waals surface area contributed by atoms with Crippen LogP contribution in [0.4, 0.5) is 0 Å². The van der Waals surface area contributed by atoms with Crippen molar-refractivity contribution in [2.45, 2.75) is 20.4 Å². The lowest BCUT2D eigenvalue weighted by atomic mass is 10.1. The van der Waals surface area contributed by atoms with Gasteiger partial charge in [0.2, 0.25) is 0 Å². The maximum Gasteiger partial charge on any atom is 0.310 e. The standard InChI is InChI=1S/C20H22ClNO3/c1-14-6-4-5-7-18(14)19(23)22(12-15(2)20(24)25-3)13-16-8-10-17(21)11-9-16/h4-11,15H,12-13H2,1-3H3. The molecule has 0 heterocycles. The van der Waals surface area contributed by atoms with Gasteiger partial charge in [-0.05, 0) is 36.2 Å². The van der Waals surface area contributed by atoms with Gasteiger partial charge in [0.15, 0.2) is 0 Å². The molecule has 5 heteroatoms. The van der Waals surface area contributed by atoms with Crippen LogP contribution in [0.25, 0.3) is 0 Å². The second-order valence-electron chi connectivity index (χ2n) is 6.05. The SMILES string of the molecule is COC(=O)C(C)CN(Cc1ccc(Cl)cc1)C(=O)c1ccccc1C. The Bertz CT molecular complexity index is 743. The molecular formula is C20H22ClNO3. The fraction of sp³-hybridized carbons (Fsp3) is 0.300. The van der Waals surface area contributed by atoms with E-state index in [1.54, 1.807) is 30.0 Å². The van der Waals surface area contributed by atoms with E-state index in [2.05, 4.69) is 0 Å². The maximum absolute atomic E-state index is 13.0. The predicted octanol–water partition coefficient (Wildman–Crippen LogP) is 4.10. The van der Waals surface area contributed by atoms with E-state index in [0.29, 0.717) is 17.1 Å².